The molecule has 0 saturated carbocycles. The molecule has 142 valence electrons. The zero-order valence-corrected chi connectivity index (χ0v) is 15.5. The Kier molecular flexibility index (Phi) is 4.99. The SMILES string of the molecule is CC(N)C1CCCCN1C(=O)CCn1cnc2c1c(=O)n(C)c(=O)n2C. The van der Waals surface area contributed by atoms with Crippen LogP contribution in [0.25, 0.3) is 11.2 Å². The first kappa shape index (κ1) is 18.4. The molecule has 26 heavy (non-hydrogen) atoms. The first-order valence-electron chi connectivity index (χ1n) is 8.98. The third-order valence-corrected chi connectivity index (χ3v) is 5.26. The van der Waals surface area contributed by atoms with Gasteiger partial charge >= 0.3 is 5.69 Å². The van der Waals surface area contributed by atoms with E-state index in [0.717, 1.165) is 30.4 Å². The Morgan fingerprint density at radius 3 is 2.73 bits per heavy atom. The van der Waals surface area contributed by atoms with Crippen LogP contribution in [0.1, 0.15) is 32.6 Å². The van der Waals surface area contributed by atoms with Crippen LogP contribution in [0.5, 0.6) is 0 Å². The first-order chi connectivity index (χ1) is 12.3. The molecule has 2 unspecified atom stereocenters. The Bertz CT molecular complexity index is 938. The normalized spacial score (nSPS) is 19.1. The summed E-state index contributed by atoms with van der Waals surface area (Å²) in [5, 5.41) is 0. The maximum Gasteiger partial charge on any atom is 0.332 e. The van der Waals surface area contributed by atoms with Gasteiger partial charge in [0.1, 0.15) is 0 Å². The summed E-state index contributed by atoms with van der Waals surface area (Å²) >= 11 is 0. The maximum atomic E-state index is 12.7. The summed E-state index contributed by atoms with van der Waals surface area (Å²) in [6.45, 7) is 3.00. The van der Waals surface area contributed by atoms with Crippen molar-refractivity contribution in [2.75, 3.05) is 6.54 Å². The fraction of sp³-hybridized carbons (Fsp3) is 0.647. The molecule has 3 heterocycles. The minimum Gasteiger partial charge on any atom is -0.338 e. The number of imidazole rings is 1. The van der Waals surface area contributed by atoms with Crippen molar-refractivity contribution < 1.29 is 4.79 Å². The maximum absolute atomic E-state index is 12.7. The molecule has 0 aliphatic carbocycles. The number of carbonyl (C=O) groups excluding carboxylic acids is 1. The van der Waals surface area contributed by atoms with E-state index in [-0.39, 0.29) is 24.4 Å². The van der Waals surface area contributed by atoms with Crippen molar-refractivity contribution in [2.45, 2.75) is 51.2 Å². The van der Waals surface area contributed by atoms with Gasteiger partial charge in [0.25, 0.3) is 5.56 Å². The van der Waals surface area contributed by atoms with Gasteiger partial charge in [0.15, 0.2) is 11.2 Å². The molecule has 0 aromatic carbocycles. The fourth-order valence-corrected chi connectivity index (χ4v) is 3.74. The molecule has 2 atom stereocenters. The lowest BCUT2D eigenvalue weighted by molar-refractivity contribution is -0.135. The summed E-state index contributed by atoms with van der Waals surface area (Å²) < 4.78 is 4.05. The van der Waals surface area contributed by atoms with Crippen LogP contribution in [0.4, 0.5) is 0 Å². The van der Waals surface area contributed by atoms with Gasteiger partial charge in [-0.2, -0.15) is 0 Å². The molecule has 0 radical (unpaired) electrons. The Labute approximate surface area is 151 Å². The lowest BCUT2D eigenvalue weighted by atomic mass is 9.96. The van der Waals surface area contributed by atoms with Crippen molar-refractivity contribution in [1.82, 2.24) is 23.6 Å². The highest BCUT2D eigenvalue weighted by atomic mass is 16.2. The lowest BCUT2D eigenvalue weighted by Gasteiger charge is -2.38. The van der Waals surface area contributed by atoms with Gasteiger partial charge in [-0.15, -0.1) is 0 Å². The third kappa shape index (κ3) is 3.07. The predicted octanol–water partition coefficient (Wildman–Crippen LogP) is -0.448. The van der Waals surface area contributed by atoms with Crippen LogP contribution in [0.15, 0.2) is 15.9 Å². The third-order valence-electron chi connectivity index (χ3n) is 5.26. The molecule has 1 fully saturated rings. The monoisotopic (exact) mass is 362 g/mol. The van der Waals surface area contributed by atoms with Crippen molar-refractivity contribution in [3.63, 3.8) is 0 Å². The number of fused-ring (bicyclic) bond motifs is 1. The van der Waals surface area contributed by atoms with Crippen molar-refractivity contribution in [3.05, 3.63) is 27.2 Å². The van der Waals surface area contributed by atoms with E-state index in [0.29, 0.717) is 17.7 Å². The smallest absolute Gasteiger partial charge is 0.332 e. The van der Waals surface area contributed by atoms with E-state index in [2.05, 4.69) is 4.98 Å². The standard InChI is InChI=1S/C17H26N6O3/c1-11(18)12-6-4-5-8-23(12)13(24)7-9-22-10-19-15-14(22)16(25)21(3)17(26)20(15)2/h10-12H,4-9,18H2,1-3H3. The van der Waals surface area contributed by atoms with Crippen molar-refractivity contribution in [1.29, 1.82) is 0 Å². The average Bonchev–Trinajstić information content (AvgIpc) is 3.06. The van der Waals surface area contributed by atoms with Gasteiger partial charge in [-0.25, -0.2) is 9.78 Å². The van der Waals surface area contributed by atoms with E-state index in [1.54, 1.807) is 11.6 Å². The molecule has 1 amide bonds. The second kappa shape index (κ2) is 7.06. The number of rotatable bonds is 4. The Balaban J connectivity index is 1.83. The van der Waals surface area contributed by atoms with Crippen LogP contribution in [0, 0.1) is 0 Å². The minimum absolute atomic E-state index is 0.0375. The quantitative estimate of drug-likeness (QED) is 0.793. The Morgan fingerprint density at radius 2 is 2.04 bits per heavy atom. The molecule has 9 heteroatoms. The number of hydrogen-bond donors (Lipinski definition) is 1. The number of amides is 1. The Hall–Kier alpha value is -2.42. The number of aromatic nitrogens is 4. The number of nitrogens with two attached hydrogens (primary N) is 1. The number of likely N-dealkylation sites (tertiary alicyclic amines) is 1. The molecule has 3 rings (SSSR count). The Morgan fingerprint density at radius 1 is 1.31 bits per heavy atom. The first-order valence-corrected chi connectivity index (χ1v) is 8.98. The molecule has 1 aliphatic heterocycles. The largest absolute Gasteiger partial charge is 0.338 e. The van der Waals surface area contributed by atoms with E-state index >= 15 is 0 Å². The zero-order valence-electron chi connectivity index (χ0n) is 15.5. The van der Waals surface area contributed by atoms with Crippen molar-refractivity contribution >= 4 is 17.1 Å². The molecule has 2 aromatic heterocycles. The number of carbonyl (C=O) groups is 1. The fourth-order valence-electron chi connectivity index (χ4n) is 3.74. The van der Waals surface area contributed by atoms with Crippen LogP contribution in [-0.2, 0) is 25.4 Å². The van der Waals surface area contributed by atoms with Crippen LogP contribution in [0.2, 0.25) is 0 Å². The summed E-state index contributed by atoms with van der Waals surface area (Å²) in [5.41, 5.74) is 5.89. The lowest BCUT2D eigenvalue weighted by Crippen LogP contribution is -2.51. The molecule has 1 saturated heterocycles. The van der Waals surface area contributed by atoms with E-state index < -0.39 is 11.2 Å². The second-order valence-electron chi connectivity index (χ2n) is 7.08. The van der Waals surface area contributed by atoms with Crippen molar-refractivity contribution in [2.24, 2.45) is 19.8 Å². The predicted molar refractivity (Wildman–Crippen MR) is 97.8 cm³/mol. The second-order valence-corrected chi connectivity index (χ2v) is 7.08. The van der Waals surface area contributed by atoms with E-state index in [1.165, 1.54) is 17.9 Å². The van der Waals surface area contributed by atoms with Gasteiger partial charge in [0.05, 0.1) is 6.33 Å². The van der Waals surface area contributed by atoms with Crippen molar-refractivity contribution in [3.8, 4) is 0 Å². The highest BCUT2D eigenvalue weighted by Gasteiger charge is 2.29. The summed E-state index contributed by atoms with van der Waals surface area (Å²) in [7, 11) is 3.02. The molecule has 1 aliphatic rings. The van der Waals surface area contributed by atoms with Gasteiger partial charge in [0, 0.05) is 45.7 Å². The molecule has 2 N–H and O–H groups in total. The van der Waals surface area contributed by atoms with Gasteiger partial charge in [-0.1, -0.05) is 0 Å². The number of aryl methyl sites for hydroxylation is 2. The number of piperidine rings is 1. The summed E-state index contributed by atoms with van der Waals surface area (Å²) in [5.74, 6) is 0.0375. The van der Waals surface area contributed by atoms with Gasteiger partial charge in [0.2, 0.25) is 5.91 Å². The zero-order chi connectivity index (χ0) is 19.0. The molecular weight excluding hydrogens is 336 g/mol. The van der Waals surface area contributed by atoms with E-state index in [4.69, 9.17) is 5.73 Å². The van der Waals surface area contributed by atoms with Gasteiger partial charge < -0.3 is 15.2 Å². The molecule has 0 bridgehead atoms. The minimum atomic E-state index is -0.420. The number of nitrogens with zero attached hydrogens (tertiary/aromatic N) is 5. The van der Waals surface area contributed by atoms with E-state index in [9.17, 15) is 14.4 Å². The molecular formula is C17H26N6O3. The van der Waals surface area contributed by atoms with Crippen LogP contribution < -0.4 is 17.0 Å². The van der Waals surface area contributed by atoms with Crippen LogP contribution in [-0.4, -0.2) is 48.1 Å². The van der Waals surface area contributed by atoms with Crippen LogP contribution in [0.3, 0.4) is 0 Å². The molecule has 9 nitrogen and oxygen atoms in total. The average molecular weight is 362 g/mol. The summed E-state index contributed by atoms with van der Waals surface area (Å²) in [6.07, 6.45) is 4.79. The molecule has 0 spiro atoms. The number of hydrogen-bond acceptors (Lipinski definition) is 5. The molecule has 2 aromatic rings. The van der Waals surface area contributed by atoms with Gasteiger partial charge in [-0.05, 0) is 26.2 Å². The van der Waals surface area contributed by atoms with Gasteiger partial charge in [-0.3, -0.25) is 18.7 Å². The highest BCUT2D eigenvalue weighted by Crippen LogP contribution is 2.20. The summed E-state index contributed by atoms with van der Waals surface area (Å²) in [4.78, 5) is 43.2. The topological polar surface area (TPSA) is 108 Å². The van der Waals surface area contributed by atoms with E-state index in [1.807, 2.05) is 11.8 Å². The van der Waals surface area contributed by atoms with Crippen LogP contribution >= 0.6 is 0 Å². The highest BCUT2D eigenvalue weighted by molar-refractivity contribution is 5.77. The summed E-state index contributed by atoms with van der Waals surface area (Å²) in [6, 6.07) is 0.0135.